The number of aliphatic hydroxyl groups is 2. The zero-order chi connectivity index (χ0) is 14.8. The molecule has 4 nitrogen and oxygen atoms in total. The summed E-state index contributed by atoms with van der Waals surface area (Å²) in [7, 11) is 0. The highest BCUT2D eigenvalue weighted by Crippen LogP contribution is 2.45. The molecule has 0 heterocycles. The summed E-state index contributed by atoms with van der Waals surface area (Å²) in [5, 5.41) is 29.2. The maximum atomic E-state index is 10.8. The van der Waals surface area contributed by atoms with Crippen molar-refractivity contribution >= 4 is 5.97 Å². The first-order valence-electron chi connectivity index (χ1n) is 6.28. The topological polar surface area (TPSA) is 77.8 Å². The molecule has 0 radical (unpaired) electrons. The van der Waals surface area contributed by atoms with Crippen LogP contribution >= 0.6 is 0 Å². The van der Waals surface area contributed by atoms with E-state index in [0.717, 1.165) is 6.08 Å². The summed E-state index contributed by atoms with van der Waals surface area (Å²) < 4.78 is 0. The fourth-order valence-corrected chi connectivity index (χ4v) is 2.54. The third kappa shape index (κ3) is 3.33. The Hall–Kier alpha value is -1.39. The van der Waals surface area contributed by atoms with E-state index in [1.165, 1.54) is 0 Å². The Balaban J connectivity index is 3.12. The molecule has 1 rings (SSSR count). The third-order valence-corrected chi connectivity index (χ3v) is 3.73. The van der Waals surface area contributed by atoms with Gasteiger partial charge in [-0.15, -0.1) is 0 Å². The second kappa shape index (κ2) is 5.31. The van der Waals surface area contributed by atoms with Crippen LogP contribution in [0.3, 0.4) is 0 Å². The molecule has 0 fully saturated rings. The molecule has 106 valence electrons. The van der Waals surface area contributed by atoms with Gasteiger partial charge in [-0.1, -0.05) is 26.0 Å². The normalized spacial score (nSPS) is 31.4. The van der Waals surface area contributed by atoms with Gasteiger partial charge in [-0.05, 0) is 37.5 Å². The third-order valence-electron chi connectivity index (χ3n) is 3.73. The maximum absolute atomic E-state index is 10.8. The number of aliphatic hydroxyl groups excluding tert-OH is 1. The summed E-state index contributed by atoms with van der Waals surface area (Å²) in [6.45, 7) is 7.20. The first kappa shape index (κ1) is 15.7. The molecule has 0 saturated carbocycles. The van der Waals surface area contributed by atoms with Crippen molar-refractivity contribution < 1.29 is 20.1 Å². The summed E-state index contributed by atoms with van der Waals surface area (Å²) in [6.07, 6.45) is 5.84. The molecule has 1 aliphatic rings. The van der Waals surface area contributed by atoms with E-state index in [4.69, 9.17) is 5.11 Å². The van der Waals surface area contributed by atoms with Crippen LogP contribution in [0.1, 0.15) is 34.1 Å². The van der Waals surface area contributed by atoms with Crippen molar-refractivity contribution in [1.82, 2.24) is 0 Å². The number of allylic oxidation sites excluding steroid dienone is 2. The Morgan fingerprint density at radius 2 is 2.05 bits per heavy atom. The molecule has 0 saturated heterocycles. The second-order valence-corrected chi connectivity index (χ2v) is 5.83. The molecule has 2 atom stereocenters. The van der Waals surface area contributed by atoms with Crippen LogP contribution in [-0.4, -0.2) is 33.0 Å². The summed E-state index contributed by atoms with van der Waals surface area (Å²) in [4.78, 5) is 10.6. The lowest BCUT2D eigenvalue weighted by Gasteiger charge is -2.46. The lowest BCUT2D eigenvalue weighted by Crippen LogP contribution is -2.48. The van der Waals surface area contributed by atoms with E-state index in [2.05, 4.69) is 0 Å². The van der Waals surface area contributed by atoms with Gasteiger partial charge in [0.05, 0.1) is 6.10 Å². The van der Waals surface area contributed by atoms with Crippen molar-refractivity contribution in [2.24, 2.45) is 5.41 Å². The number of carboxylic acid groups (broad SMARTS) is 1. The molecule has 0 bridgehead atoms. The van der Waals surface area contributed by atoms with Crippen LogP contribution < -0.4 is 0 Å². The quantitative estimate of drug-likeness (QED) is 0.415. The van der Waals surface area contributed by atoms with Gasteiger partial charge in [0.1, 0.15) is 5.60 Å². The van der Waals surface area contributed by atoms with Crippen LogP contribution in [0.2, 0.25) is 0 Å². The van der Waals surface area contributed by atoms with Gasteiger partial charge < -0.3 is 15.3 Å². The van der Waals surface area contributed by atoms with Crippen molar-refractivity contribution in [2.75, 3.05) is 0 Å². The molecule has 0 aliphatic heterocycles. The summed E-state index contributed by atoms with van der Waals surface area (Å²) in [6, 6.07) is 0. The van der Waals surface area contributed by atoms with Crippen molar-refractivity contribution in [3.05, 3.63) is 35.5 Å². The van der Waals surface area contributed by atoms with Crippen molar-refractivity contribution in [2.45, 2.75) is 45.8 Å². The molecule has 0 aromatic carbocycles. The average molecular weight is 266 g/mol. The Morgan fingerprint density at radius 1 is 1.47 bits per heavy atom. The predicted octanol–water partition coefficient (Wildman–Crippen LogP) is 2.04. The molecule has 0 amide bonds. The average Bonchev–Trinajstić information content (AvgIpc) is 2.21. The summed E-state index contributed by atoms with van der Waals surface area (Å²) in [5.74, 6) is -1.01. The van der Waals surface area contributed by atoms with Gasteiger partial charge in [0, 0.05) is 11.5 Å². The van der Waals surface area contributed by atoms with Gasteiger partial charge in [-0.3, -0.25) is 0 Å². The lowest BCUT2D eigenvalue weighted by atomic mass is 9.64. The molecule has 1 aliphatic carbocycles. The molecule has 4 heteroatoms. The SMILES string of the molecule is CC1=C[C@H](O)CC(C)(C)[C@@]1(O)/C=C/C(C)=C\C(=O)O. The Morgan fingerprint density at radius 3 is 2.53 bits per heavy atom. The van der Waals surface area contributed by atoms with E-state index in [0.29, 0.717) is 17.6 Å². The highest BCUT2D eigenvalue weighted by atomic mass is 16.4. The van der Waals surface area contributed by atoms with E-state index in [1.807, 2.05) is 13.8 Å². The van der Waals surface area contributed by atoms with E-state index in [1.54, 1.807) is 32.1 Å². The van der Waals surface area contributed by atoms with Gasteiger partial charge in [-0.25, -0.2) is 4.79 Å². The number of aliphatic carboxylic acids is 1. The second-order valence-electron chi connectivity index (χ2n) is 5.83. The Labute approximate surface area is 113 Å². The molecule has 0 unspecified atom stereocenters. The lowest BCUT2D eigenvalue weighted by molar-refractivity contribution is -0.131. The van der Waals surface area contributed by atoms with Gasteiger partial charge >= 0.3 is 5.97 Å². The largest absolute Gasteiger partial charge is 0.478 e. The number of carboxylic acids is 1. The molecular formula is C15H22O4. The van der Waals surface area contributed by atoms with Gasteiger partial charge in [-0.2, -0.15) is 0 Å². The fraction of sp³-hybridized carbons (Fsp3) is 0.533. The summed E-state index contributed by atoms with van der Waals surface area (Å²) in [5.41, 5.74) is -0.475. The molecule has 3 N–H and O–H groups in total. The smallest absolute Gasteiger partial charge is 0.328 e. The minimum absolute atomic E-state index is 0.451. The van der Waals surface area contributed by atoms with E-state index in [-0.39, 0.29) is 0 Å². The minimum Gasteiger partial charge on any atom is -0.478 e. The van der Waals surface area contributed by atoms with Crippen LogP contribution in [-0.2, 0) is 4.79 Å². The van der Waals surface area contributed by atoms with Crippen molar-refractivity contribution in [3.8, 4) is 0 Å². The number of hydrogen-bond acceptors (Lipinski definition) is 3. The van der Waals surface area contributed by atoms with Gasteiger partial charge in [0.2, 0.25) is 0 Å². The molecule has 0 aromatic heterocycles. The molecule has 0 aromatic rings. The van der Waals surface area contributed by atoms with Crippen LogP contribution in [0.15, 0.2) is 35.5 Å². The highest BCUT2D eigenvalue weighted by molar-refractivity contribution is 5.81. The van der Waals surface area contributed by atoms with Gasteiger partial charge in [0.15, 0.2) is 0 Å². The van der Waals surface area contributed by atoms with Crippen LogP contribution in [0, 0.1) is 5.41 Å². The first-order valence-corrected chi connectivity index (χ1v) is 6.28. The van der Waals surface area contributed by atoms with Crippen LogP contribution in [0.5, 0.6) is 0 Å². The zero-order valence-corrected chi connectivity index (χ0v) is 11.8. The van der Waals surface area contributed by atoms with E-state index < -0.39 is 23.1 Å². The number of rotatable bonds is 3. The van der Waals surface area contributed by atoms with E-state index in [9.17, 15) is 15.0 Å². The Bertz CT molecular complexity index is 457. The maximum Gasteiger partial charge on any atom is 0.328 e. The standard InChI is InChI=1S/C15H22O4/c1-10(7-13(17)18)5-6-15(19)11(2)8-12(16)9-14(15,3)4/h5-8,12,16,19H,9H2,1-4H3,(H,17,18)/b6-5+,10-7-/t12-,15+/m0/s1. The van der Waals surface area contributed by atoms with Crippen molar-refractivity contribution in [1.29, 1.82) is 0 Å². The number of carbonyl (C=O) groups is 1. The monoisotopic (exact) mass is 266 g/mol. The first-order chi connectivity index (χ1) is 8.58. The predicted molar refractivity (Wildman–Crippen MR) is 73.6 cm³/mol. The summed E-state index contributed by atoms with van der Waals surface area (Å²) >= 11 is 0. The molecular weight excluding hydrogens is 244 g/mol. The Kier molecular flexibility index (Phi) is 4.38. The number of hydrogen-bond donors (Lipinski definition) is 3. The zero-order valence-electron chi connectivity index (χ0n) is 11.8. The van der Waals surface area contributed by atoms with Crippen LogP contribution in [0.4, 0.5) is 0 Å². The fourth-order valence-electron chi connectivity index (χ4n) is 2.54. The van der Waals surface area contributed by atoms with Crippen LogP contribution in [0.25, 0.3) is 0 Å². The molecule has 0 spiro atoms. The van der Waals surface area contributed by atoms with Crippen molar-refractivity contribution in [3.63, 3.8) is 0 Å². The van der Waals surface area contributed by atoms with Gasteiger partial charge in [0.25, 0.3) is 0 Å². The molecule has 19 heavy (non-hydrogen) atoms. The van der Waals surface area contributed by atoms with E-state index >= 15 is 0 Å². The minimum atomic E-state index is -1.18. The highest BCUT2D eigenvalue weighted by Gasteiger charge is 2.46.